The topological polar surface area (TPSA) is 58.8 Å². The van der Waals surface area contributed by atoms with Crippen molar-refractivity contribution in [3.63, 3.8) is 0 Å². The van der Waals surface area contributed by atoms with Crippen molar-refractivity contribution in [2.75, 3.05) is 38.3 Å². The maximum atomic E-state index is 12.6. The first-order valence-electron chi connectivity index (χ1n) is 9.84. The van der Waals surface area contributed by atoms with E-state index >= 15 is 0 Å². The van der Waals surface area contributed by atoms with E-state index in [1.165, 1.54) is 5.69 Å². The molecule has 2 heterocycles. The van der Waals surface area contributed by atoms with E-state index < -0.39 is 0 Å². The van der Waals surface area contributed by atoms with Crippen molar-refractivity contribution >= 4 is 11.6 Å². The molecule has 0 saturated carbocycles. The molecule has 6 heteroatoms. The SMILES string of the molecule is CN(Cc1ccc(N2CCOCC2)cc1)C(=O)Cc1coc(-c2ccccc2)n1. The Balaban J connectivity index is 1.33. The van der Waals surface area contributed by atoms with E-state index in [4.69, 9.17) is 9.15 Å². The van der Waals surface area contributed by atoms with Crippen LogP contribution in [0.25, 0.3) is 11.5 Å². The number of hydrogen-bond donors (Lipinski definition) is 0. The number of carbonyl (C=O) groups is 1. The van der Waals surface area contributed by atoms with Crippen molar-refractivity contribution in [1.29, 1.82) is 0 Å². The number of ether oxygens (including phenoxy) is 1. The second-order valence-corrected chi connectivity index (χ2v) is 7.20. The number of morpholine rings is 1. The lowest BCUT2D eigenvalue weighted by Crippen LogP contribution is -2.36. The molecule has 0 aliphatic carbocycles. The molecule has 0 unspecified atom stereocenters. The largest absolute Gasteiger partial charge is 0.444 e. The van der Waals surface area contributed by atoms with Gasteiger partial charge in [-0.2, -0.15) is 0 Å². The number of benzene rings is 2. The molecule has 29 heavy (non-hydrogen) atoms. The molecule has 0 radical (unpaired) electrons. The van der Waals surface area contributed by atoms with Gasteiger partial charge in [-0.25, -0.2) is 4.98 Å². The number of oxazole rings is 1. The van der Waals surface area contributed by atoms with E-state index in [0.717, 1.165) is 37.4 Å². The normalized spacial score (nSPS) is 14.0. The van der Waals surface area contributed by atoms with E-state index in [0.29, 0.717) is 18.1 Å². The number of carbonyl (C=O) groups excluding carboxylic acids is 1. The van der Waals surface area contributed by atoms with Gasteiger partial charge in [0.15, 0.2) is 0 Å². The van der Waals surface area contributed by atoms with Gasteiger partial charge in [-0.1, -0.05) is 30.3 Å². The summed E-state index contributed by atoms with van der Waals surface area (Å²) in [5, 5.41) is 0. The van der Waals surface area contributed by atoms with Crippen LogP contribution in [-0.4, -0.2) is 49.1 Å². The van der Waals surface area contributed by atoms with E-state index in [1.54, 1.807) is 11.2 Å². The van der Waals surface area contributed by atoms with Crippen LogP contribution >= 0.6 is 0 Å². The highest BCUT2D eigenvalue weighted by Gasteiger charge is 2.15. The molecule has 0 atom stereocenters. The molecule has 2 aromatic carbocycles. The Morgan fingerprint density at radius 2 is 1.79 bits per heavy atom. The van der Waals surface area contributed by atoms with Crippen molar-refractivity contribution in [1.82, 2.24) is 9.88 Å². The summed E-state index contributed by atoms with van der Waals surface area (Å²) in [7, 11) is 1.82. The smallest absolute Gasteiger partial charge is 0.228 e. The number of likely N-dealkylation sites (N-methyl/N-ethyl adjacent to an activating group) is 1. The summed E-state index contributed by atoms with van der Waals surface area (Å²) < 4.78 is 10.9. The van der Waals surface area contributed by atoms with Gasteiger partial charge in [0, 0.05) is 37.9 Å². The lowest BCUT2D eigenvalue weighted by molar-refractivity contribution is -0.129. The highest BCUT2D eigenvalue weighted by atomic mass is 16.5. The molecule has 1 saturated heterocycles. The molecule has 1 aliphatic heterocycles. The summed E-state index contributed by atoms with van der Waals surface area (Å²) in [4.78, 5) is 21.1. The van der Waals surface area contributed by atoms with Gasteiger partial charge >= 0.3 is 0 Å². The van der Waals surface area contributed by atoms with E-state index in [1.807, 2.05) is 37.4 Å². The quantitative estimate of drug-likeness (QED) is 0.645. The van der Waals surface area contributed by atoms with Crippen LogP contribution in [0.15, 0.2) is 65.3 Å². The van der Waals surface area contributed by atoms with Gasteiger partial charge in [0.2, 0.25) is 11.8 Å². The Labute approximate surface area is 170 Å². The van der Waals surface area contributed by atoms with Gasteiger partial charge in [-0.15, -0.1) is 0 Å². The van der Waals surface area contributed by atoms with E-state index in [2.05, 4.69) is 34.1 Å². The van der Waals surface area contributed by atoms with Crippen molar-refractivity contribution in [3.05, 3.63) is 72.1 Å². The molecular formula is C23H25N3O3. The fourth-order valence-corrected chi connectivity index (χ4v) is 3.39. The standard InChI is InChI=1S/C23H25N3O3/c1-25(16-18-7-9-21(10-8-18)26-11-13-28-14-12-26)22(27)15-20-17-29-23(24-20)19-5-3-2-4-6-19/h2-10,17H,11-16H2,1H3. The van der Waals surface area contributed by atoms with Crippen molar-refractivity contribution in [2.24, 2.45) is 0 Å². The van der Waals surface area contributed by atoms with Crippen LogP contribution in [-0.2, 0) is 22.5 Å². The third-order valence-electron chi connectivity index (χ3n) is 5.06. The summed E-state index contributed by atoms with van der Waals surface area (Å²) in [5.74, 6) is 0.546. The monoisotopic (exact) mass is 391 g/mol. The molecule has 150 valence electrons. The number of amides is 1. The van der Waals surface area contributed by atoms with Gasteiger partial charge in [-0.05, 0) is 29.8 Å². The zero-order valence-corrected chi connectivity index (χ0v) is 16.6. The third-order valence-corrected chi connectivity index (χ3v) is 5.06. The first-order valence-corrected chi connectivity index (χ1v) is 9.84. The van der Waals surface area contributed by atoms with Crippen LogP contribution in [0, 0.1) is 0 Å². The van der Waals surface area contributed by atoms with Crippen LogP contribution < -0.4 is 4.90 Å². The summed E-state index contributed by atoms with van der Waals surface area (Å²) in [6, 6.07) is 18.1. The van der Waals surface area contributed by atoms with Gasteiger partial charge in [0.1, 0.15) is 6.26 Å². The maximum Gasteiger partial charge on any atom is 0.228 e. The lowest BCUT2D eigenvalue weighted by Gasteiger charge is -2.29. The van der Waals surface area contributed by atoms with Crippen LogP contribution in [0.1, 0.15) is 11.3 Å². The second kappa shape index (κ2) is 8.92. The van der Waals surface area contributed by atoms with Crippen molar-refractivity contribution in [3.8, 4) is 11.5 Å². The molecule has 0 bridgehead atoms. The molecule has 1 amide bonds. The van der Waals surface area contributed by atoms with Crippen molar-refractivity contribution in [2.45, 2.75) is 13.0 Å². The Morgan fingerprint density at radius 3 is 2.52 bits per heavy atom. The minimum atomic E-state index is 0.00941. The number of nitrogens with zero attached hydrogens (tertiary/aromatic N) is 3. The molecule has 1 fully saturated rings. The Morgan fingerprint density at radius 1 is 1.07 bits per heavy atom. The van der Waals surface area contributed by atoms with Crippen molar-refractivity contribution < 1.29 is 13.9 Å². The molecular weight excluding hydrogens is 366 g/mol. The number of anilines is 1. The third kappa shape index (κ3) is 4.84. The van der Waals surface area contributed by atoms with Crippen LogP contribution in [0.4, 0.5) is 5.69 Å². The fourth-order valence-electron chi connectivity index (χ4n) is 3.39. The zero-order valence-electron chi connectivity index (χ0n) is 16.6. The first kappa shape index (κ1) is 19.2. The van der Waals surface area contributed by atoms with Gasteiger partial charge < -0.3 is 19.0 Å². The summed E-state index contributed by atoms with van der Waals surface area (Å²) >= 11 is 0. The average molecular weight is 391 g/mol. The predicted octanol–water partition coefficient (Wildman–Crippen LogP) is 3.38. The Kier molecular flexibility index (Phi) is 5.91. The minimum Gasteiger partial charge on any atom is -0.444 e. The number of hydrogen-bond acceptors (Lipinski definition) is 5. The molecule has 3 aromatic rings. The number of aromatic nitrogens is 1. The highest BCUT2D eigenvalue weighted by molar-refractivity contribution is 5.78. The molecule has 6 nitrogen and oxygen atoms in total. The van der Waals surface area contributed by atoms with Gasteiger partial charge in [0.25, 0.3) is 0 Å². The van der Waals surface area contributed by atoms with Gasteiger partial charge in [-0.3, -0.25) is 4.79 Å². The fraction of sp³-hybridized carbons (Fsp3) is 0.304. The summed E-state index contributed by atoms with van der Waals surface area (Å²) in [6.07, 6.45) is 1.78. The van der Waals surface area contributed by atoms with Crippen LogP contribution in [0.2, 0.25) is 0 Å². The molecule has 0 spiro atoms. The average Bonchev–Trinajstić information content (AvgIpc) is 3.24. The first-order chi connectivity index (χ1) is 14.2. The maximum absolute atomic E-state index is 12.6. The van der Waals surface area contributed by atoms with E-state index in [-0.39, 0.29) is 12.3 Å². The summed E-state index contributed by atoms with van der Waals surface area (Å²) in [5.41, 5.74) is 3.84. The van der Waals surface area contributed by atoms with Crippen LogP contribution in [0.5, 0.6) is 0 Å². The number of rotatable bonds is 6. The summed E-state index contributed by atoms with van der Waals surface area (Å²) in [6.45, 7) is 3.94. The second-order valence-electron chi connectivity index (χ2n) is 7.20. The van der Waals surface area contributed by atoms with E-state index in [9.17, 15) is 4.79 Å². The predicted molar refractivity (Wildman–Crippen MR) is 112 cm³/mol. The zero-order chi connectivity index (χ0) is 20.1. The molecule has 1 aromatic heterocycles. The molecule has 1 aliphatic rings. The van der Waals surface area contributed by atoms with Gasteiger partial charge in [0.05, 0.1) is 25.3 Å². The molecule has 0 N–H and O–H groups in total. The Hall–Kier alpha value is -3.12. The minimum absolute atomic E-state index is 0.00941. The van der Waals surface area contributed by atoms with Crippen LogP contribution in [0.3, 0.4) is 0 Å². The molecule has 4 rings (SSSR count). The lowest BCUT2D eigenvalue weighted by atomic mass is 10.1. The Bertz CT molecular complexity index is 932. The highest BCUT2D eigenvalue weighted by Crippen LogP contribution is 2.19.